The maximum Gasteiger partial charge on any atom is 0.254 e. The Labute approximate surface area is 239 Å². The van der Waals surface area contributed by atoms with E-state index in [-0.39, 0.29) is 36.9 Å². The quantitative estimate of drug-likeness (QED) is 0.232. The number of allylic oxidation sites excluding steroid dienone is 2. The molecule has 11 heteroatoms. The first-order valence-corrected chi connectivity index (χ1v) is 14.4. The number of amides is 4. The summed E-state index contributed by atoms with van der Waals surface area (Å²) < 4.78 is 5.49. The smallest absolute Gasteiger partial charge is 0.254 e. The summed E-state index contributed by atoms with van der Waals surface area (Å²) in [4.78, 5) is 53.2. The van der Waals surface area contributed by atoms with E-state index in [9.17, 15) is 19.2 Å². The lowest BCUT2D eigenvalue weighted by molar-refractivity contribution is -0.146. The highest BCUT2D eigenvalue weighted by atomic mass is 79.9. The average molecular weight is 628 g/mol. The number of carbonyl (C=O) groups excluding carboxylic acids is 4. The Kier molecular flexibility index (Phi) is 6.77. The highest BCUT2D eigenvalue weighted by Gasteiger charge is 2.76. The average Bonchev–Trinajstić information content (AvgIpc) is 3.21. The van der Waals surface area contributed by atoms with Gasteiger partial charge >= 0.3 is 0 Å². The van der Waals surface area contributed by atoms with Crippen LogP contribution in [-0.2, 0) is 19.2 Å². The van der Waals surface area contributed by atoms with Crippen LogP contribution >= 0.6 is 39.1 Å². The lowest BCUT2D eigenvalue weighted by Gasteiger charge is -2.50. The Bertz CT molecular complexity index is 1250. The third kappa shape index (κ3) is 3.64. The van der Waals surface area contributed by atoms with Gasteiger partial charge in [0.25, 0.3) is 11.8 Å². The van der Waals surface area contributed by atoms with Gasteiger partial charge in [0.15, 0.2) is 9.75 Å². The van der Waals surface area contributed by atoms with Crippen LogP contribution in [0.25, 0.3) is 0 Å². The molecule has 1 aromatic rings. The molecule has 4 amide bonds. The Morgan fingerprint density at radius 2 is 1.71 bits per heavy atom. The third-order valence-corrected chi connectivity index (χ3v) is 10.2. The van der Waals surface area contributed by atoms with Crippen molar-refractivity contribution in [2.75, 3.05) is 18.7 Å². The van der Waals surface area contributed by atoms with Crippen LogP contribution in [0.15, 0.2) is 35.9 Å². The molecule has 4 aliphatic rings. The molecule has 1 saturated carbocycles. The molecule has 1 N–H and O–H groups in total. The second kappa shape index (κ2) is 9.32. The van der Waals surface area contributed by atoms with Gasteiger partial charge in [0.2, 0.25) is 11.8 Å². The normalized spacial score (nSPS) is 34.8. The second-order valence-corrected chi connectivity index (χ2v) is 13.1. The van der Waals surface area contributed by atoms with Gasteiger partial charge in [0.05, 0.1) is 23.9 Å². The molecule has 2 heterocycles. The Morgan fingerprint density at radius 3 is 2.29 bits per heavy atom. The summed E-state index contributed by atoms with van der Waals surface area (Å²) >= 11 is 17.6. The highest BCUT2D eigenvalue weighted by Crippen LogP contribution is 2.65. The highest BCUT2D eigenvalue weighted by molar-refractivity contribution is 9.09. The van der Waals surface area contributed by atoms with Crippen LogP contribution in [-0.4, -0.2) is 72.5 Å². The number of imide groups is 2. The zero-order valence-corrected chi connectivity index (χ0v) is 24.3. The SMILES string of the molecule is CC(C)(C)N1C(=O)C2CC=C3C(CC4(Cl)C(=O)N(CBr)C(=O)C4(Cl)C3c3ccc(OCCO)cc3)C2C1=O. The van der Waals surface area contributed by atoms with Crippen LogP contribution in [0.1, 0.15) is 45.1 Å². The van der Waals surface area contributed by atoms with E-state index < -0.39 is 50.8 Å². The summed E-state index contributed by atoms with van der Waals surface area (Å²) in [6, 6.07) is 6.91. The van der Waals surface area contributed by atoms with Gasteiger partial charge in [0.1, 0.15) is 12.4 Å². The first kappa shape index (κ1) is 27.6. The van der Waals surface area contributed by atoms with Crippen molar-refractivity contribution in [3.8, 4) is 5.75 Å². The van der Waals surface area contributed by atoms with Crippen LogP contribution in [0.2, 0.25) is 0 Å². The van der Waals surface area contributed by atoms with Gasteiger partial charge in [-0.1, -0.05) is 39.7 Å². The van der Waals surface area contributed by atoms with E-state index in [4.69, 9.17) is 33.0 Å². The molecule has 3 fully saturated rings. The maximum absolute atomic E-state index is 13.8. The van der Waals surface area contributed by atoms with Crippen LogP contribution in [0.3, 0.4) is 0 Å². The summed E-state index contributed by atoms with van der Waals surface area (Å²) in [5, 5.41) is 9.07. The summed E-state index contributed by atoms with van der Waals surface area (Å²) in [6.45, 7) is 5.44. The van der Waals surface area contributed by atoms with Crippen molar-refractivity contribution in [2.45, 2.75) is 54.8 Å². The minimum absolute atomic E-state index is 0.0374. The van der Waals surface area contributed by atoms with E-state index in [0.29, 0.717) is 17.7 Å². The lowest BCUT2D eigenvalue weighted by atomic mass is 9.56. The molecule has 204 valence electrons. The molecule has 6 unspecified atom stereocenters. The fraction of sp³-hybridized carbons (Fsp3) is 0.556. The summed E-state index contributed by atoms with van der Waals surface area (Å²) in [5.41, 5.74) is 0.610. The number of alkyl halides is 3. The number of nitrogens with zero attached hydrogens (tertiary/aromatic N) is 2. The van der Waals surface area contributed by atoms with Crippen molar-refractivity contribution in [1.82, 2.24) is 9.80 Å². The predicted molar refractivity (Wildman–Crippen MR) is 144 cm³/mol. The van der Waals surface area contributed by atoms with Crippen molar-refractivity contribution in [3.05, 3.63) is 41.5 Å². The van der Waals surface area contributed by atoms with E-state index in [1.54, 1.807) is 24.3 Å². The molecule has 2 saturated heterocycles. The van der Waals surface area contributed by atoms with E-state index in [1.165, 1.54) is 4.90 Å². The monoisotopic (exact) mass is 626 g/mol. The molecule has 5 rings (SSSR count). The Hall–Kier alpha value is -1.94. The fourth-order valence-electron chi connectivity index (χ4n) is 6.71. The first-order valence-electron chi connectivity index (χ1n) is 12.5. The Morgan fingerprint density at radius 1 is 1.05 bits per heavy atom. The van der Waals surface area contributed by atoms with Crippen molar-refractivity contribution >= 4 is 62.8 Å². The third-order valence-electron chi connectivity index (χ3n) is 8.26. The van der Waals surface area contributed by atoms with E-state index in [1.807, 2.05) is 26.8 Å². The lowest BCUT2D eigenvalue weighted by Crippen LogP contribution is -2.60. The molecule has 2 aliphatic heterocycles. The number of likely N-dealkylation sites (tertiary alicyclic amines) is 2. The maximum atomic E-state index is 13.8. The van der Waals surface area contributed by atoms with Crippen molar-refractivity contribution in [2.24, 2.45) is 17.8 Å². The number of benzene rings is 1. The van der Waals surface area contributed by atoms with Gasteiger partial charge < -0.3 is 9.84 Å². The number of carbonyl (C=O) groups is 4. The molecule has 8 nitrogen and oxygen atoms in total. The van der Waals surface area contributed by atoms with Crippen LogP contribution < -0.4 is 4.74 Å². The Balaban J connectivity index is 1.66. The topological polar surface area (TPSA) is 104 Å². The predicted octanol–water partition coefficient (Wildman–Crippen LogP) is 3.57. The van der Waals surface area contributed by atoms with E-state index in [2.05, 4.69) is 15.9 Å². The van der Waals surface area contributed by atoms with Gasteiger partial charge in [0, 0.05) is 11.5 Å². The molecule has 2 aliphatic carbocycles. The minimum Gasteiger partial charge on any atom is -0.491 e. The largest absolute Gasteiger partial charge is 0.491 e. The zero-order chi connectivity index (χ0) is 27.8. The summed E-state index contributed by atoms with van der Waals surface area (Å²) in [7, 11) is 0. The number of ether oxygens (including phenoxy) is 1. The fourth-order valence-corrected chi connectivity index (χ4v) is 8.13. The molecule has 0 bridgehead atoms. The van der Waals surface area contributed by atoms with Crippen LogP contribution in [0.4, 0.5) is 0 Å². The molecule has 0 aromatic heterocycles. The molecule has 0 radical (unpaired) electrons. The van der Waals surface area contributed by atoms with Crippen molar-refractivity contribution < 1.29 is 29.0 Å². The standard InChI is InChI=1S/C27H29BrCl2N2O6/c1-25(2,3)32-21(34)17-9-8-16-18(19(17)22(32)35)12-26(29)23(36)31(13-28)24(37)27(26,30)20(16)14-4-6-15(7-5-14)38-11-10-33/h4-8,17-20,33H,9-13H2,1-3H3. The van der Waals surface area contributed by atoms with Crippen molar-refractivity contribution in [1.29, 1.82) is 0 Å². The minimum atomic E-state index is -1.84. The number of halogens is 3. The van der Waals surface area contributed by atoms with E-state index >= 15 is 0 Å². The van der Waals surface area contributed by atoms with Crippen LogP contribution in [0, 0.1) is 17.8 Å². The molecule has 38 heavy (non-hydrogen) atoms. The van der Waals surface area contributed by atoms with Crippen molar-refractivity contribution in [3.63, 3.8) is 0 Å². The van der Waals surface area contributed by atoms with E-state index in [0.717, 1.165) is 10.5 Å². The van der Waals surface area contributed by atoms with Gasteiger partial charge in [-0.25, -0.2) is 0 Å². The molecular formula is C27H29BrCl2N2O6. The number of rotatable bonds is 5. The molecule has 6 atom stereocenters. The number of hydrogen-bond acceptors (Lipinski definition) is 6. The van der Waals surface area contributed by atoms with Gasteiger partial charge in [-0.3, -0.25) is 29.0 Å². The molecule has 1 aromatic carbocycles. The second-order valence-electron chi connectivity index (χ2n) is 11.3. The van der Waals surface area contributed by atoms with Crippen LogP contribution in [0.5, 0.6) is 5.75 Å². The first-order chi connectivity index (χ1) is 17.8. The number of aliphatic hydroxyl groups is 1. The van der Waals surface area contributed by atoms with Gasteiger partial charge in [-0.05, 0) is 57.2 Å². The molecular weight excluding hydrogens is 599 g/mol. The zero-order valence-electron chi connectivity index (χ0n) is 21.2. The van der Waals surface area contributed by atoms with Gasteiger partial charge in [-0.2, -0.15) is 0 Å². The number of fused-ring (bicyclic) bond motifs is 4. The number of hydrogen-bond donors (Lipinski definition) is 1. The summed E-state index contributed by atoms with van der Waals surface area (Å²) in [5.74, 6) is -3.85. The number of aliphatic hydroxyl groups excluding tert-OH is 1. The molecule has 0 spiro atoms. The summed E-state index contributed by atoms with van der Waals surface area (Å²) in [6.07, 6.45) is 2.21. The van der Waals surface area contributed by atoms with Gasteiger partial charge in [-0.15, -0.1) is 23.2 Å².